The molecule has 1 saturated carbocycles. The lowest BCUT2D eigenvalue weighted by Crippen LogP contribution is -2.71. The maximum atomic E-state index is 12.6. The number of benzene rings is 1. The van der Waals surface area contributed by atoms with Gasteiger partial charge in [0.1, 0.15) is 5.66 Å². The van der Waals surface area contributed by atoms with Crippen LogP contribution in [0.25, 0.3) is 0 Å². The van der Waals surface area contributed by atoms with E-state index in [0.717, 1.165) is 37.7 Å². The maximum Gasteiger partial charge on any atom is 0.327 e. The third kappa shape index (κ3) is 3.23. The van der Waals surface area contributed by atoms with Crippen LogP contribution >= 0.6 is 0 Å². The van der Waals surface area contributed by atoms with Gasteiger partial charge in [-0.1, -0.05) is 6.42 Å². The van der Waals surface area contributed by atoms with E-state index >= 15 is 0 Å². The van der Waals surface area contributed by atoms with Crippen molar-refractivity contribution in [2.75, 3.05) is 21.3 Å². The van der Waals surface area contributed by atoms with Crippen molar-refractivity contribution in [2.24, 2.45) is 0 Å². The Morgan fingerprint density at radius 3 is 2.15 bits per heavy atom. The molecule has 3 rings (SSSR count). The molecule has 2 fully saturated rings. The van der Waals surface area contributed by atoms with Gasteiger partial charge in [0.2, 0.25) is 5.75 Å². The minimum atomic E-state index is -0.641. The van der Waals surface area contributed by atoms with Crippen LogP contribution in [0.5, 0.6) is 17.2 Å². The summed E-state index contributed by atoms with van der Waals surface area (Å²) in [6.07, 6.45) is 4.54. The first-order chi connectivity index (χ1) is 12.5. The summed E-state index contributed by atoms with van der Waals surface area (Å²) in [4.78, 5) is 26.2. The van der Waals surface area contributed by atoms with E-state index in [4.69, 9.17) is 14.2 Å². The van der Waals surface area contributed by atoms with Crippen molar-refractivity contribution in [2.45, 2.75) is 44.3 Å². The average molecular weight is 363 g/mol. The van der Waals surface area contributed by atoms with Gasteiger partial charge >= 0.3 is 12.1 Å². The van der Waals surface area contributed by atoms with E-state index in [1.165, 1.54) is 0 Å². The molecule has 0 bridgehead atoms. The average Bonchev–Trinajstić information content (AvgIpc) is 2.64. The normalized spacial score (nSPS) is 19.0. The largest absolute Gasteiger partial charge is 0.493 e. The van der Waals surface area contributed by atoms with Crippen molar-refractivity contribution in [3.05, 3.63) is 17.7 Å². The minimum Gasteiger partial charge on any atom is -0.493 e. The quantitative estimate of drug-likeness (QED) is 0.839. The zero-order chi connectivity index (χ0) is 18.7. The fraction of sp³-hybridized carbons (Fsp3) is 0.556. The number of imide groups is 1. The molecule has 2 N–H and O–H groups in total. The first kappa shape index (κ1) is 18.2. The summed E-state index contributed by atoms with van der Waals surface area (Å²) < 4.78 is 16.1. The first-order valence-electron chi connectivity index (χ1n) is 8.72. The molecule has 2 aliphatic rings. The third-order valence-corrected chi connectivity index (χ3v) is 5.07. The van der Waals surface area contributed by atoms with Gasteiger partial charge in [0.15, 0.2) is 11.5 Å². The van der Waals surface area contributed by atoms with Crippen LogP contribution in [0.15, 0.2) is 12.1 Å². The third-order valence-electron chi connectivity index (χ3n) is 5.07. The molecule has 0 unspecified atom stereocenters. The lowest BCUT2D eigenvalue weighted by molar-refractivity contribution is 0.0400. The van der Waals surface area contributed by atoms with Crippen molar-refractivity contribution in [3.63, 3.8) is 0 Å². The summed E-state index contributed by atoms with van der Waals surface area (Å²) in [5, 5.41) is 5.33. The van der Waals surface area contributed by atoms with Gasteiger partial charge in [-0.2, -0.15) is 0 Å². The molecule has 1 aromatic carbocycles. The van der Waals surface area contributed by atoms with Gasteiger partial charge < -0.3 is 19.5 Å². The van der Waals surface area contributed by atoms with E-state index in [1.807, 2.05) is 12.1 Å². The molecule has 8 heteroatoms. The van der Waals surface area contributed by atoms with E-state index in [-0.39, 0.29) is 6.03 Å². The molecule has 26 heavy (non-hydrogen) atoms. The Balaban J connectivity index is 1.95. The number of methoxy groups -OCH3 is 3. The van der Waals surface area contributed by atoms with Gasteiger partial charge in [0, 0.05) is 6.54 Å². The molecule has 0 aromatic heterocycles. The minimum absolute atomic E-state index is 0.322. The molecule has 0 radical (unpaired) electrons. The standard InChI is InChI=1S/C18H25N3O5/c1-24-13-9-12(10-14(25-2)15(13)26-3)11-21-17(23)19-16(22)20-18(21)7-5-4-6-8-18/h9-10H,4-8,11H2,1-3H3,(H2,19,20,22,23). The Hall–Kier alpha value is -2.64. The zero-order valence-corrected chi connectivity index (χ0v) is 15.4. The highest BCUT2D eigenvalue weighted by molar-refractivity contribution is 5.96. The molecule has 0 atom stereocenters. The van der Waals surface area contributed by atoms with E-state index in [0.29, 0.717) is 23.8 Å². The number of hydrogen-bond acceptors (Lipinski definition) is 5. The van der Waals surface area contributed by atoms with Gasteiger partial charge in [-0.3, -0.25) is 10.2 Å². The maximum absolute atomic E-state index is 12.6. The highest BCUT2D eigenvalue weighted by Gasteiger charge is 2.45. The van der Waals surface area contributed by atoms with Crippen LogP contribution in [0.3, 0.4) is 0 Å². The topological polar surface area (TPSA) is 89.1 Å². The van der Waals surface area contributed by atoms with Crippen molar-refractivity contribution in [1.82, 2.24) is 15.5 Å². The highest BCUT2D eigenvalue weighted by atomic mass is 16.5. The van der Waals surface area contributed by atoms with Gasteiger partial charge in [-0.15, -0.1) is 0 Å². The summed E-state index contributed by atoms with van der Waals surface area (Å²) in [5.41, 5.74) is 0.189. The second kappa shape index (κ2) is 7.31. The van der Waals surface area contributed by atoms with Gasteiger partial charge in [-0.25, -0.2) is 9.59 Å². The second-order valence-corrected chi connectivity index (χ2v) is 6.60. The molecule has 4 amide bonds. The molecule has 1 heterocycles. The molecule has 8 nitrogen and oxygen atoms in total. The number of carbonyl (C=O) groups is 2. The smallest absolute Gasteiger partial charge is 0.327 e. The van der Waals surface area contributed by atoms with Crippen LogP contribution in [0, 0.1) is 0 Å². The van der Waals surface area contributed by atoms with E-state index in [1.54, 1.807) is 26.2 Å². The molecule has 1 spiro atoms. The van der Waals surface area contributed by atoms with E-state index in [9.17, 15) is 9.59 Å². The van der Waals surface area contributed by atoms with Gasteiger partial charge in [0.05, 0.1) is 21.3 Å². The Morgan fingerprint density at radius 1 is 1.00 bits per heavy atom. The fourth-order valence-electron chi connectivity index (χ4n) is 3.83. The number of carbonyl (C=O) groups excluding carboxylic acids is 2. The SMILES string of the molecule is COc1cc(CN2C(=O)NC(=O)NC23CCCCC3)cc(OC)c1OC. The lowest BCUT2D eigenvalue weighted by Gasteiger charge is -2.49. The molecule has 1 aliphatic carbocycles. The summed E-state index contributed by atoms with van der Waals surface area (Å²) in [7, 11) is 4.65. The Kier molecular flexibility index (Phi) is 5.11. The molecular formula is C18H25N3O5. The monoisotopic (exact) mass is 363 g/mol. The predicted molar refractivity (Wildman–Crippen MR) is 94.5 cm³/mol. The van der Waals surface area contributed by atoms with Crippen molar-refractivity contribution in [3.8, 4) is 17.2 Å². The lowest BCUT2D eigenvalue weighted by atomic mass is 9.86. The van der Waals surface area contributed by atoms with Crippen molar-refractivity contribution in [1.29, 1.82) is 0 Å². The van der Waals surface area contributed by atoms with Crippen LogP contribution in [-0.2, 0) is 6.54 Å². The van der Waals surface area contributed by atoms with Gasteiger partial charge in [-0.05, 0) is 43.4 Å². The summed E-state index contributed by atoms with van der Waals surface area (Å²) >= 11 is 0. The van der Waals surface area contributed by atoms with Crippen molar-refractivity contribution >= 4 is 12.1 Å². The second-order valence-electron chi connectivity index (χ2n) is 6.60. The predicted octanol–water partition coefficient (Wildman–Crippen LogP) is 2.61. The number of nitrogens with one attached hydrogen (secondary N) is 2. The van der Waals surface area contributed by atoms with Crippen LogP contribution in [0.4, 0.5) is 9.59 Å². The van der Waals surface area contributed by atoms with E-state index in [2.05, 4.69) is 10.6 Å². The Bertz CT molecular complexity index is 675. The molecular weight excluding hydrogens is 338 g/mol. The van der Waals surface area contributed by atoms with E-state index < -0.39 is 11.7 Å². The van der Waals surface area contributed by atoms with Crippen LogP contribution in [0.1, 0.15) is 37.7 Å². The number of amides is 4. The molecule has 1 aliphatic heterocycles. The number of hydrogen-bond donors (Lipinski definition) is 2. The van der Waals surface area contributed by atoms with Crippen molar-refractivity contribution < 1.29 is 23.8 Å². The zero-order valence-electron chi connectivity index (χ0n) is 15.4. The van der Waals surface area contributed by atoms with Crippen LogP contribution < -0.4 is 24.8 Å². The number of nitrogens with zero attached hydrogens (tertiary/aromatic N) is 1. The summed E-state index contributed by atoms with van der Waals surface area (Å²) in [6, 6.07) is 2.82. The number of urea groups is 2. The summed E-state index contributed by atoms with van der Waals surface area (Å²) in [6.45, 7) is 0.322. The molecule has 1 saturated heterocycles. The molecule has 142 valence electrons. The number of ether oxygens (including phenoxy) is 3. The Morgan fingerprint density at radius 2 is 1.62 bits per heavy atom. The number of rotatable bonds is 5. The van der Waals surface area contributed by atoms with Crippen LogP contribution in [0.2, 0.25) is 0 Å². The Labute approximate surface area is 152 Å². The van der Waals surface area contributed by atoms with Crippen LogP contribution in [-0.4, -0.2) is 44.0 Å². The first-order valence-corrected chi connectivity index (χ1v) is 8.72. The fourth-order valence-corrected chi connectivity index (χ4v) is 3.83. The molecule has 1 aromatic rings. The highest BCUT2D eigenvalue weighted by Crippen LogP contribution is 2.40. The summed E-state index contributed by atoms with van der Waals surface area (Å²) in [5.74, 6) is 1.56. The van der Waals surface area contributed by atoms with Gasteiger partial charge in [0.25, 0.3) is 0 Å².